The first-order valence-corrected chi connectivity index (χ1v) is 9.59. The van der Waals surface area contributed by atoms with Crippen LogP contribution in [0, 0.1) is 0 Å². The number of benzene rings is 1. The van der Waals surface area contributed by atoms with Gasteiger partial charge in [0.05, 0.1) is 13.2 Å². The zero-order valence-corrected chi connectivity index (χ0v) is 15.2. The van der Waals surface area contributed by atoms with Crippen molar-refractivity contribution in [1.82, 2.24) is 0 Å². The van der Waals surface area contributed by atoms with Crippen molar-refractivity contribution in [2.75, 3.05) is 13.2 Å². The molecule has 3 rings (SSSR count). The second kappa shape index (κ2) is 6.57. The average molecular weight is 443 g/mol. The fourth-order valence-corrected chi connectivity index (χ4v) is 3.94. The van der Waals surface area contributed by atoms with Crippen molar-refractivity contribution >= 4 is 31.6 Å². The second-order valence-electron chi connectivity index (χ2n) is 5.65. The molecule has 0 radical (unpaired) electrons. The van der Waals surface area contributed by atoms with Gasteiger partial charge in [-0.05, 0) is 11.6 Å². The Balaban J connectivity index is 2.05. The van der Waals surface area contributed by atoms with E-state index in [1.807, 2.05) is 0 Å². The third kappa shape index (κ3) is 3.71. The lowest BCUT2D eigenvalue weighted by Gasteiger charge is -2.34. The molecule has 1 spiro atoms. The molecule has 1 saturated heterocycles. The summed E-state index contributed by atoms with van der Waals surface area (Å²) in [6.07, 6.45) is 0.258. The number of rotatable bonds is 3. The van der Waals surface area contributed by atoms with E-state index in [-0.39, 0.29) is 25.0 Å². The molecule has 0 bridgehead atoms. The summed E-state index contributed by atoms with van der Waals surface area (Å²) < 4.78 is 77.3. The molecule has 1 aromatic rings. The van der Waals surface area contributed by atoms with Crippen LogP contribution in [0.2, 0.25) is 0 Å². The first kappa shape index (κ1) is 18.7. The monoisotopic (exact) mass is 442 g/mol. The predicted molar refractivity (Wildman–Crippen MR) is 85.6 cm³/mol. The Labute approximate surface area is 151 Å². The van der Waals surface area contributed by atoms with Crippen LogP contribution in [0.1, 0.15) is 24.8 Å². The molecule has 0 aromatic heterocycles. The smallest absolute Gasteiger partial charge is 0.380 e. The van der Waals surface area contributed by atoms with Gasteiger partial charge in [-0.15, -0.1) is 0 Å². The van der Waals surface area contributed by atoms with Gasteiger partial charge in [-0.3, -0.25) is 0 Å². The van der Waals surface area contributed by atoms with E-state index in [0.717, 1.165) is 0 Å². The lowest BCUT2D eigenvalue weighted by atomic mass is 9.88. The first-order chi connectivity index (χ1) is 11.6. The quantitative estimate of drug-likeness (QED) is 0.523. The van der Waals surface area contributed by atoms with Crippen LogP contribution in [-0.2, 0) is 23.8 Å². The van der Waals surface area contributed by atoms with Gasteiger partial charge in [0.15, 0.2) is 5.79 Å². The Morgan fingerprint density at radius 1 is 1.16 bits per heavy atom. The van der Waals surface area contributed by atoms with Crippen molar-refractivity contribution in [3.05, 3.63) is 40.1 Å². The fourth-order valence-electron chi connectivity index (χ4n) is 2.88. The molecule has 1 heterocycles. The normalized spacial score (nSPS) is 21.0. The molecular weight excluding hydrogens is 429 g/mol. The molecule has 0 amide bonds. The Bertz CT molecular complexity index is 798. The summed E-state index contributed by atoms with van der Waals surface area (Å²) in [4.78, 5) is 0. The minimum absolute atomic E-state index is 0.0496. The average Bonchev–Trinajstić information content (AvgIpc) is 2.97. The molecule has 25 heavy (non-hydrogen) atoms. The molecule has 0 atom stereocenters. The number of allylic oxidation sites excluding steroid dienone is 1. The molecule has 1 aliphatic heterocycles. The van der Waals surface area contributed by atoms with E-state index in [9.17, 15) is 21.6 Å². The van der Waals surface area contributed by atoms with E-state index in [2.05, 4.69) is 20.1 Å². The predicted octanol–water partition coefficient (Wildman–Crippen LogP) is 3.95. The third-order valence-electron chi connectivity index (χ3n) is 4.02. The van der Waals surface area contributed by atoms with Crippen molar-refractivity contribution in [2.45, 2.75) is 30.6 Å². The maximum atomic E-state index is 12.7. The Morgan fingerprint density at radius 3 is 2.40 bits per heavy atom. The molecule has 1 aliphatic carbocycles. The molecule has 5 nitrogen and oxygen atoms in total. The van der Waals surface area contributed by atoms with E-state index in [1.54, 1.807) is 24.3 Å². The van der Waals surface area contributed by atoms with Crippen molar-refractivity contribution < 1.29 is 35.2 Å². The number of hydrogen-bond acceptors (Lipinski definition) is 5. The highest BCUT2D eigenvalue weighted by atomic mass is 79.9. The molecule has 0 saturated carbocycles. The molecule has 0 N–H and O–H groups in total. The van der Waals surface area contributed by atoms with Gasteiger partial charge in [-0.25, -0.2) is 0 Å². The maximum absolute atomic E-state index is 12.7. The minimum Gasteiger partial charge on any atom is -0.380 e. The van der Waals surface area contributed by atoms with Crippen molar-refractivity contribution in [3.8, 4) is 0 Å². The molecular formula is C15H14BrF3O5S. The highest BCUT2D eigenvalue weighted by Gasteiger charge is 2.50. The molecule has 0 unspecified atom stereocenters. The summed E-state index contributed by atoms with van der Waals surface area (Å²) >= 11 is 3.33. The Hall–Kier alpha value is -1.10. The van der Waals surface area contributed by atoms with Gasteiger partial charge in [-0.2, -0.15) is 21.6 Å². The van der Waals surface area contributed by atoms with Crippen LogP contribution < -0.4 is 0 Å². The Morgan fingerprint density at radius 2 is 1.80 bits per heavy atom. The lowest BCUT2D eigenvalue weighted by Crippen LogP contribution is -2.35. The van der Waals surface area contributed by atoms with Crippen molar-refractivity contribution in [1.29, 1.82) is 0 Å². The van der Waals surface area contributed by atoms with Crippen molar-refractivity contribution in [2.24, 2.45) is 0 Å². The molecule has 1 fully saturated rings. The van der Waals surface area contributed by atoms with Crippen LogP contribution in [0.25, 0.3) is 5.57 Å². The topological polar surface area (TPSA) is 61.8 Å². The highest BCUT2D eigenvalue weighted by molar-refractivity contribution is 9.10. The third-order valence-corrected chi connectivity index (χ3v) is 5.70. The summed E-state index contributed by atoms with van der Waals surface area (Å²) in [6.45, 7) is 0.751. The van der Waals surface area contributed by atoms with Gasteiger partial charge in [-0.1, -0.05) is 34.1 Å². The summed E-state index contributed by atoms with van der Waals surface area (Å²) in [5.74, 6) is -1.20. The minimum atomic E-state index is -5.74. The standard InChI is InChI=1S/C15H14BrF3O5S/c16-12-4-2-1-3-10(12)11-9-14(22-7-8-23-14)6-5-13(11)24-25(20,21)15(17,18)19/h1-4H,5-9H2. The first-order valence-electron chi connectivity index (χ1n) is 7.39. The summed E-state index contributed by atoms with van der Waals surface area (Å²) in [5, 5.41) is 0. The van der Waals surface area contributed by atoms with Gasteiger partial charge in [0.2, 0.25) is 0 Å². The van der Waals surface area contributed by atoms with Crippen LogP contribution in [-0.4, -0.2) is 32.9 Å². The highest BCUT2D eigenvalue weighted by Crippen LogP contribution is 2.45. The largest absolute Gasteiger partial charge is 0.534 e. The van der Waals surface area contributed by atoms with Crippen LogP contribution in [0.4, 0.5) is 13.2 Å². The number of hydrogen-bond donors (Lipinski definition) is 0. The van der Waals surface area contributed by atoms with Crippen LogP contribution >= 0.6 is 15.9 Å². The van der Waals surface area contributed by atoms with E-state index in [1.165, 1.54) is 0 Å². The van der Waals surface area contributed by atoms with E-state index in [4.69, 9.17) is 9.47 Å². The lowest BCUT2D eigenvalue weighted by molar-refractivity contribution is -0.160. The van der Waals surface area contributed by atoms with Gasteiger partial charge in [0, 0.05) is 29.3 Å². The summed E-state index contributed by atoms with van der Waals surface area (Å²) in [7, 11) is -5.74. The van der Waals surface area contributed by atoms with Gasteiger partial charge >= 0.3 is 15.6 Å². The maximum Gasteiger partial charge on any atom is 0.534 e. The van der Waals surface area contributed by atoms with E-state index in [0.29, 0.717) is 28.8 Å². The number of ether oxygens (including phenoxy) is 2. The van der Waals surface area contributed by atoms with Gasteiger partial charge in [0.1, 0.15) is 5.76 Å². The Kier molecular flexibility index (Phi) is 4.91. The molecule has 2 aliphatic rings. The van der Waals surface area contributed by atoms with Crippen molar-refractivity contribution in [3.63, 3.8) is 0 Å². The SMILES string of the molecule is O=S(=O)(OC1=C(c2ccccc2Br)CC2(CC1)OCCO2)C(F)(F)F. The second-order valence-corrected chi connectivity index (χ2v) is 8.04. The van der Waals surface area contributed by atoms with Crippen LogP contribution in [0.5, 0.6) is 0 Å². The molecule has 10 heteroatoms. The summed E-state index contributed by atoms with van der Waals surface area (Å²) in [6, 6.07) is 6.80. The zero-order chi connectivity index (χ0) is 18.3. The van der Waals surface area contributed by atoms with E-state index < -0.39 is 21.4 Å². The molecule has 1 aromatic carbocycles. The molecule has 138 valence electrons. The van der Waals surface area contributed by atoms with Gasteiger partial charge in [0.25, 0.3) is 0 Å². The van der Waals surface area contributed by atoms with Crippen LogP contribution in [0.15, 0.2) is 34.5 Å². The fraction of sp³-hybridized carbons (Fsp3) is 0.467. The summed E-state index contributed by atoms with van der Waals surface area (Å²) in [5.41, 5.74) is -4.64. The number of halogens is 4. The van der Waals surface area contributed by atoms with E-state index >= 15 is 0 Å². The van der Waals surface area contributed by atoms with Crippen LogP contribution in [0.3, 0.4) is 0 Å². The number of alkyl halides is 3. The van der Waals surface area contributed by atoms with Gasteiger partial charge < -0.3 is 13.7 Å². The zero-order valence-electron chi connectivity index (χ0n) is 12.8.